The molecule has 0 aromatic carbocycles. The van der Waals surface area contributed by atoms with Crippen LogP contribution < -0.4 is 0 Å². The average molecular weight is 140 g/mol. The molecule has 1 aliphatic carbocycles. The summed E-state index contributed by atoms with van der Waals surface area (Å²) in [4.78, 5) is 11.0. The molecule has 2 unspecified atom stereocenters. The van der Waals surface area contributed by atoms with Crippen LogP contribution in [-0.2, 0) is 9.53 Å². The van der Waals surface area contributed by atoms with E-state index >= 15 is 0 Å². The molecule has 0 fully saturated rings. The molecule has 0 saturated heterocycles. The Labute approximate surface area is 60.9 Å². The van der Waals surface area contributed by atoms with Gasteiger partial charge in [-0.2, -0.15) is 0 Å². The molecular formula is C8H12O2. The molecule has 0 aromatic heterocycles. The molecule has 56 valence electrons. The lowest BCUT2D eigenvalue weighted by molar-refractivity contribution is -0.144. The summed E-state index contributed by atoms with van der Waals surface area (Å²) in [6.45, 7) is 2.06. The number of hydrogen-bond donors (Lipinski definition) is 0. The maximum atomic E-state index is 11.0. The third-order valence-corrected chi connectivity index (χ3v) is 1.94. The zero-order chi connectivity index (χ0) is 7.56. The third-order valence-electron chi connectivity index (χ3n) is 1.94. The first-order valence-corrected chi connectivity index (χ1v) is 3.50. The van der Waals surface area contributed by atoms with Crippen molar-refractivity contribution in [3.05, 3.63) is 12.2 Å². The summed E-state index contributed by atoms with van der Waals surface area (Å²) in [6, 6.07) is 0. The van der Waals surface area contributed by atoms with Gasteiger partial charge in [0, 0.05) is 0 Å². The number of hydrogen-bond acceptors (Lipinski definition) is 2. The number of rotatable bonds is 1. The van der Waals surface area contributed by atoms with Crippen LogP contribution in [-0.4, -0.2) is 13.1 Å². The topological polar surface area (TPSA) is 26.3 Å². The van der Waals surface area contributed by atoms with E-state index < -0.39 is 0 Å². The van der Waals surface area contributed by atoms with Crippen LogP contribution in [0, 0.1) is 11.8 Å². The van der Waals surface area contributed by atoms with Gasteiger partial charge < -0.3 is 4.74 Å². The second kappa shape index (κ2) is 2.86. The van der Waals surface area contributed by atoms with Crippen molar-refractivity contribution in [2.75, 3.05) is 7.11 Å². The summed E-state index contributed by atoms with van der Waals surface area (Å²) in [6.07, 6.45) is 4.96. The van der Waals surface area contributed by atoms with E-state index in [1.54, 1.807) is 0 Å². The van der Waals surface area contributed by atoms with Crippen molar-refractivity contribution in [2.24, 2.45) is 11.8 Å². The van der Waals surface area contributed by atoms with Crippen molar-refractivity contribution in [3.8, 4) is 0 Å². The number of allylic oxidation sites excluding steroid dienone is 1. The van der Waals surface area contributed by atoms with Crippen LogP contribution >= 0.6 is 0 Å². The molecule has 0 spiro atoms. The lowest BCUT2D eigenvalue weighted by atomic mass is 9.98. The van der Waals surface area contributed by atoms with E-state index in [-0.39, 0.29) is 11.9 Å². The normalized spacial score (nSPS) is 30.6. The minimum Gasteiger partial charge on any atom is -0.469 e. The van der Waals surface area contributed by atoms with Gasteiger partial charge >= 0.3 is 5.97 Å². The first-order chi connectivity index (χ1) is 4.75. The minimum absolute atomic E-state index is 0.00463. The smallest absolute Gasteiger partial charge is 0.312 e. The summed E-state index contributed by atoms with van der Waals surface area (Å²) in [7, 11) is 1.43. The Morgan fingerprint density at radius 1 is 1.70 bits per heavy atom. The van der Waals surface area contributed by atoms with Crippen LogP contribution in [0.3, 0.4) is 0 Å². The molecule has 2 atom stereocenters. The molecule has 0 radical (unpaired) electrons. The monoisotopic (exact) mass is 140 g/mol. The maximum absolute atomic E-state index is 11.0. The van der Waals surface area contributed by atoms with Crippen LogP contribution in [0.1, 0.15) is 13.3 Å². The molecule has 2 nitrogen and oxygen atoms in total. The Morgan fingerprint density at radius 3 is 2.80 bits per heavy atom. The molecule has 0 aromatic rings. The number of carbonyl (C=O) groups is 1. The van der Waals surface area contributed by atoms with E-state index in [1.165, 1.54) is 7.11 Å². The zero-order valence-electron chi connectivity index (χ0n) is 6.33. The molecule has 0 N–H and O–H groups in total. The van der Waals surface area contributed by atoms with Gasteiger partial charge in [-0.3, -0.25) is 4.79 Å². The summed E-state index contributed by atoms with van der Waals surface area (Å²) in [5, 5.41) is 0. The molecular weight excluding hydrogens is 128 g/mol. The fraction of sp³-hybridized carbons (Fsp3) is 0.625. The van der Waals surface area contributed by atoms with Gasteiger partial charge in [-0.25, -0.2) is 0 Å². The highest BCUT2D eigenvalue weighted by atomic mass is 16.5. The Balaban J connectivity index is 2.55. The summed E-state index contributed by atoms with van der Waals surface area (Å²) in [5.74, 6) is 0.318. The Hall–Kier alpha value is -0.790. The Morgan fingerprint density at radius 2 is 2.40 bits per heavy atom. The van der Waals surface area contributed by atoms with Crippen LogP contribution in [0.4, 0.5) is 0 Å². The molecule has 0 aliphatic heterocycles. The van der Waals surface area contributed by atoms with Crippen LogP contribution in [0.15, 0.2) is 12.2 Å². The van der Waals surface area contributed by atoms with Crippen LogP contribution in [0.5, 0.6) is 0 Å². The van der Waals surface area contributed by atoms with Gasteiger partial charge in [0.2, 0.25) is 0 Å². The first kappa shape index (κ1) is 7.32. The van der Waals surface area contributed by atoms with Gasteiger partial charge in [0.25, 0.3) is 0 Å². The first-order valence-electron chi connectivity index (χ1n) is 3.50. The van der Waals surface area contributed by atoms with Gasteiger partial charge in [0.1, 0.15) is 0 Å². The van der Waals surface area contributed by atoms with Gasteiger partial charge in [0.05, 0.1) is 13.0 Å². The van der Waals surface area contributed by atoms with Crippen molar-refractivity contribution in [2.45, 2.75) is 13.3 Å². The largest absolute Gasteiger partial charge is 0.469 e. The van der Waals surface area contributed by atoms with E-state index in [0.717, 1.165) is 6.42 Å². The van der Waals surface area contributed by atoms with E-state index in [4.69, 9.17) is 0 Å². The predicted molar refractivity (Wildman–Crippen MR) is 38.4 cm³/mol. The molecule has 0 heterocycles. The number of methoxy groups -OCH3 is 1. The number of ether oxygens (including phenoxy) is 1. The Kier molecular flexibility index (Phi) is 2.10. The highest BCUT2D eigenvalue weighted by Gasteiger charge is 2.25. The molecule has 0 bridgehead atoms. The lowest BCUT2D eigenvalue weighted by Crippen LogP contribution is -2.17. The zero-order valence-corrected chi connectivity index (χ0v) is 6.33. The molecule has 1 rings (SSSR count). The standard InChI is InChI=1S/C8H12O2/c1-6-4-3-5-7(6)8(9)10-2/h3,5-7H,4H2,1-2H3. The van der Waals surface area contributed by atoms with E-state index in [2.05, 4.69) is 11.7 Å². The third kappa shape index (κ3) is 1.20. The van der Waals surface area contributed by atoms with Crippen molar-refractivity contribution in [3.63, 3.8) is 0 Å². The van der Waals surface area contributed by atoms with Gasteiger partial charge in [-0.15, -0.1) is 0 Å². The highest BCUT2D eigenvalue weighted by Crippen LogP contribution is 2.25. The molecule has 2 heteroatoms. The molecule has 10 heavy (non-hydrogen) atoms. The van der Waals surface area contributed by atoms with Gasteiger partial charge in [-0.1, -0.05) is 19.1 Å². The second-order valence-corrected chi connectivity index (χ2v) is 2.69. The van der Waals surface area contributed by atoms with Crippen molar-refractivity contribution in [1.82, 2.24) is 0 Å². The van der Waals surface area contributed by atoms with Gasteiger partial charge in [-0.05, 0) is 12.3 Å². The molecule has 1 aliphatic rings. The average Bonchev–Trinajstić information content (AvgIpc) is 2.34. The molecule has 0 amide bonds. The quantitative estimate of drug-likeness (QED) is 0.406. The number of esters is 1. The second-order valence-electron chi connectivity index (χ2n) is 2.69. The van der Waals surface area contributed by atoms with E-state index in [0.29, 0.717) is 5.92 Å². The summed E-state index contributed by atoms with van der Waals surface area (Å²) < 4.78 is 4.61. The van der Waals surface area contributed by atoms with E-state index in [1.807, 2.05) is 12.2 Å². The van der Waals surface area contributed by atoms with Crippen molar-refractivity contribution >= 4 is 5.97 Å². The molecule has 0 saturated carbocycles. The maximum Gasteiger partial charge on any atom is 0.312 e. The SMILES string of the molecule is COC(=O)C1C=CCC1C. The Bertz CT molecular complexity index is 161. The van der Waals surface area contributed by atoms with E-state index in [9.17, 15) is 4.79 Å². The highest BCUT2D eigenvalue weighted by molar-refractivity contribution is 5.75. The summed E-state index contributed by atoms with van der Waals surface area (Å²) >= 11 is 0. The summed E-state index contributed by atoms with van der Waals surface area (Å²) in [5.41, 5.74) is 0. The predicted octanol–water partition coefficient (Wildman–Crippen LogP) is 1.37. The fourth-order valence-electron chi connectivity index (χ4n) is 1.22. The minimum atomic E-state index is -0.110. The van der Waals surface area contributed by atoms with Crippen molar-refractivity contribution < 1.29 is 9.53 Å². The fourth-order valence-corrected chi connectivity index (χ4v) is 1.22. The van der Waals surface area contributed by atoms with Crippen molar-refractivity contribution in [1.29, 1.82) is 0 Å². The number of carbonyl (C=O) groups excluding carboxylic acids is 1. The lowest BCUT2D eigenvalue weighted by Gasteiger charge is -2.10. The van der Waals surface area contributed by atoms with Crippen LogP contribution in [0.2, 0.25) is 0 Å². The van der Waals surface area contributed by atoms with Crippen LogP contribution in [0.25, 0.3) is 0 Å². The van der Waals surface area contributed by atoms with Gasteiger partial charge in [0.15, 0.2) is 0 Å².